The molecule has 0 fully saturated rings. The quantitative estimate of drug-likeness (QED) is 0.759. The molecule has 90 valence electrons. The highest BCUT2D eigenvalue weighted by atomic mass is 15.0. The van der Waals surface area contributed by atoms with E-state index in [9.17, 15) is 0 Å². The van der Waals surface area contributed by atoms with E-state index in [1.165, 1.54) is 16.8 Å². The molecule has 3 rings (SSSR count). The van der Waals surface area contributed by atoms with E-state index in [4.69, 9.17) is 0 Å². The van der Waals surface area contributed by atoms with E-state index in [0.717, 1.165) is 12.1 Å². The van der Waals surface area contributed by atoms with E-state index in [0.29, 0.717) is 0 Å². The van der Waals surface area contributed by atoms with Crippen LogP contribution in [0.15, 0.2) is 55.0 Å². The molecule has 0 saturated carbocycles. The summed E-state index contributed by atoms with van der Waals surface area (Å²) in [6.07, 6.45) is 3.75. The van der Waals surface area contributed by atoms with Crippen molar-refractivity contribution in [2.45, 2.75) is 6.54 Å². The summed E-state index contributed by atoms with van der Waals surface area (Å²) < 4.78 is 2.14. The van der Waals surface area contributed by atoms with Crippen LogP contribution < -0.4 is 5.32 Å². The largest absolute Gasteiger partial charge is 0.314 e. The molecule has 0 atom stereocenters. The average Bonchev–Trinajstić information content (AvgIpc) is 2.89. The zero-order chi connectivity index (χ0) is 12.4. The SMILES string of the molecule is CNCc1c(-c2ccccc2)ccc2cncn12. The Labute approximate surface area is 106 Å². The second-order valence-corrected chi connectivity index (χ2v) is 4.28. The molecule has 0 radical (unpaired) electrons. The van der Waals surface area contributed by atoms with Crippen molar-refractivity contribution in [2.75, 3.05) is 7.05 Å². The first kappa shape index (κ1) is 11.0. The Morgan fingerprint density at radius 3 is 2.72 bits per heavy atom. The predicted molar refractivity (Wildman–Crippen MR) is 73.4 cm³/mol. The fourth-order valence-corrected chi connectivity index (χ4v) is 2.28. The van der Waals surface area contributed by atoms with Crippen LogP contribution in [0.1, 0.15) is 5.69 Å². The third-order valence-electron chi connectivity index (χ3n) is 3.12. The molecule has 3 aromatic rings. The van der Waals surface area contributed by atoms with E-state index < -0.39 is 0 Å². The highest BCUT2D eigenvalue weighted by Gasteiger charge is 2.08. The number of pyridine rings is 1. The van der Waals surface area contributed by atoms with Gasteiger partial charge in [-0.15, -0.1) is 0 Å². The molecule has 18 heavy (non-hydrogen) atoms. The summed E-state index contributed by atoms with van der Waals surface area (Å²) in [5.41, 5.74) is 4.84. The van der Waals surface area contributed by atoms with E-state index in [2.05, 4.69) is 51.1 Å². The lowest BCUT2D eigenvalue weighted by atomic mass is 10.0. The molecule has 0 aliphatic carbocycles. The zero-order valence-electron chi connectivity index (χ0n) is 10.3. The van der Waals surface area contributed by atoms with Gasteiger partial charge in [0.05, 0.1) is 18.0 Å². The van der Waals surface area contributed by atoms with Crippen LogP contribution in [-0.2, 0) is 6.54 Å². The molecule has 1 N–H and O–H groups in total. The fraction of sp³-hybridized carbons (Fsp3) is 0.133. The van der Waals surface area contributed by atoms with Crippen LogP contribution in [0, 0.1) is 0 Å². The number of hydrogen-bond donors (Lipinski definition) is 1. The van der Waals surface area contributed by atoms with Gasteiger partial charge in [0, 0.05) is 17.8 Å². The second-order valence-electron chi connectivity index (χ2n) is 4.28. The topological polar surface area (TPSA) is 29.3 Å². The minimum absolute atomic E-state index is 0.817. The van der Waals surface area contributed by atoms with Crippen molar-refractivity contribution in [1.82, 2.24) is 14.7 Å². The van der Waals surface area contributed by atoms with Crippen molar-refractivity contribution >= 4 is 5.52 Å². The number of fused-ring (bicyclic) bond motifs is 1. The second kappa shape index (κ2) is 4.63. The summed E-state index contributed by atoms with van der Waals surface area (Å²) in [4.78, 5) is 4.21. The molecule has 1 aromatic carbocycles. The standard InChI is InChI=1S/C15H15N3/c1-16-10-15-14(12-5-3-2-4-6-12)8-7-13-9-17-11-18(13)15/h2-9,11,16H,10H2,1H3. The van der Waals surface area contributed by atoms with Gasteiger partial charge in [-0.1, -0.05) is 36.4 Å². The zero-order valence-corrected chi connectivity index (χ0v) is 10.3. The monoisotopic (exact) mass is 237 g/mol. The minimum atomic E-state index is 0.817. The normalized spacial score (nSPS) is 10.9. The van der Waals surface area contributed by atoms with Gasteiger partial charge in [-0.2, -0.15) is 0 Å². The summed E-state index contributed by atoms with van der Waals surface area (Å²) in [5, 5.41) is 3.23. The van der Waals surface area contributed by atoms with Crippen molar-refractivity contribution in [2.24, 2.45) is 0 Å². The number of nitrogens with one attached hydrogen (secondary N) is 1. The molecule has 0 aliphatic rings. The molecule has 0 spiro atoms. The summed E-state index contributed by atoms with van der Waals surface area (Å²) in [5.74, 6) is 0. The molecule has 2 heterocycles. The molecular weight excluding hydrogens is 222 g/mol. The third-order valence-corrected chi connectivity index (χ3v) is 3.12. The average molecular weight is 237 g/mol. The predicted octanol–water partition coefficient (Wildman–Crippen LogP) is 2.72. The maximum Gasteiger partial charge on any atom is 0.0994 e. The first-order valence-corrected chi connectivity index (χ1v) is 6.04. The first-order valence-electron chi connectivity index (χ1n) is 6.04. The lowest BCUT2D eigenvalue weighted by molar-refractivity contribution is 0.778. The summed E-state index contributed by atoms with van der Waals surface area (Å²) in [6, 6.07) is 14.7. The van der Waals surface area contributed by atoms with E-state index in [1.807, 2.05) is 25.6 Å². The van der Waals surface area contributed by atoms with Crippen LogP contribution in [0.4, 0.5) is 0 Å². The Balaban J connectivity index is 2.25. The van der Waals surface area contributed by atoms with E-state index >= 15 is 0 Å². The Bertz CT molecular complexity index is 656. The summed E-state index contributed by atoms with van der Waals surface area (Å²) in [6.45, 7) is 0.817. The smallest absolute Gasteiger partial charge is 0.0994 e. The van der Waals surface area contributed by atoms with Gasteiger partial charge < -0.3 is 9.72 Å². The van der Waals surface area contributed by atoms with E-state index in [1.54, 1.807) is 0 Å². The molecule has 2 aromatic heterocycles. The van der Waals surface area contributed by atoms with Crippen molar-refractivity contribution in [3.05, 3.63) is 60.7 Å². The van der Waals surface area contributed by atoms with E-state index in [-0.39, 0.29) is 0 Å². The highest BCUT2D eigenvalue weighted by molar-refractivity contribution is 5.69. The number of nitrogens with zero attached hydrogens (tertiary/aromatic N) is 2. The highest BCUT2D eigenvalue weighted by Crippen LogP contribution is 2.24. The molecule has 3 nitrogen and oxygen atoms in total. The maximum atomic E-state index is 4.21. The minimum Gasteiger partial charge on any atom is -0.314 e. The van der Waals surface area contributed by atoms with Crippen LogP contribution in [-0.4, -0.2) is 16.4 Å². The van der Waals surface area contributed by atoms with Crippen LogP contribution in [0.25, 0.3) is 16.6 Å². The fourth-order valence-electron chi connectivity index (χ4n) is 2.28. The maximum absolute atomic E-state index is 4.21. The number of aromatic nitrogens is 2. The molecule has 0 unspecified atom stereocenters. The van der Waals surface area contributed by atoms with Gasteiger partial charge in [-0.25, -0.2) is 4.98 Å². The molecule has 0 amide bonds. The van der Waals surface area contributed by atoms with Gasteiger partial charge in [0.25, 0.3) is 0 Å². The summed E-state index contributed by atoms with van der Waals surface area (Å²) in [7, 11) is 1.96. The van der Waals surface area contributed by atoms with Gasteiger partial charge >= 0.3 is 0 Å². The van der Waals surface area contributed by atoms with Crippen LogP contribution in [0.3, 0.4) is 0 Å². The van der Waals surface area contributed by atoms with Crippen LogP contribution in [0.5, 0.6) is 0 Å². The van der Waals surface area contributed by atoms with Crippen molar-refractivity contribution in [3.8, 4) is 11.1 Å². The molecule has 3 heteroatoms. The van der Waals surface area contributed by atoms with Crippen molar-refractivity contribution < 1.29 is 0 Å². The molecular formula is C15H15N3. The Morgan fingerprint density at radius 1 is 1.11 bits per heavy atom. The van der Waals surface area contributed by atoms with Crippen LogP contribution >= 0.6 is 0 Å². The number of benzene rings is 1. The summed E-state index contributed by atoms with van der Waals surface area (Å²) >= 11 is 0. The van der Waals surface area contributed by atoms with Gasteiger partial charge in [-0.3, -0.25) is 0 Å². The lowest BCUT2D eigenvalue weighted by Gasteiger charge is -2.12. The van der Waals surface area contributed by atoms with Gasteiger partial charge in [0.15, 0.2) is 0 Å². The van der Waals surface area contributed by atoms with Gasteiger partial charge in [-0.05, 0) is 18.7 Å². The van der Waals surface area contributed by atoms with Crippen LogP contribution in [0.2, 0.25) is 0 Å². The Kier molecular flexibility index (Phi) is 2.82. The molecule has 0 saturated heterocycles. The molecule has 0 aliphatic heterocycles. The van der Waals surface area contributed by atoms with Gasteiger partial charge in [0.1, 0.15) is 0 Å². The lowest BCUT2D eigenvalue weighted by Crippen LogP contribution is -2.10. The van der Waals surface area contributed by atoms with Crippen molar-refractivity contribution in [1.29, 1.82) is 0 Å². The number of hydrogen-bond acceptors (Lipinski definition) is 2. The third kappa shape index (κ3) is 1.79. The van der Waals surface area contributed by atoms with Gasteiger partial charge in [0.2, 0.25) is 0 Å². The first-order chi connectivity index (χ1) is 8.90. The molecule has 0 bridgehead atoms. The number of rotatable bonds is 3. The Morgan fingerprint density at radius 2 is 1.94 bits per heavy atom. The van der Waals surface area contributed by atoms with Crippen molar-refractivity contribution in [3.63, 3.8) is 0 Å². The number of imidazole rings is 1. The Hall–Kier alpha value is -2.13.